The van der Waals surface area contributed by atoms with Crippen LogP contribution in [0, 0.1) is 10.1 Å². The fourth-order valence-electron chi connectivity index (χ4n) is 2.20. The van der Waals surface area contributed by atoms with E-state index in [0.717, 1.165) is 5.39 Å². The summed E-state index contributed by atoms with van der Waals surface area (Å²) in [5, 5.41) is 12.1. The van der Waals surface area contributed by atoms with Crippen molar-refractivity contribution in [3.63, 3.8) is 0 Å². The van der Waals surface area contributed by atoms with Crippen LogP contribution in [0.4, 0.5) is 11.4 Å². The molecule has 0 unspecified atom stereocenters. The van der Waals surface area contributed by atoms with Crippen molar-refractivity contribution in [3.05, 3.63) is 74.8 Å². The highest BCUT2D eigenvalue weighted by Gasteiger charge is 2.08. The van der Waals surface area contributed by atoms with Crippen molar-refractivity contribution >= 4 is 51.0 Å². The highest BCUT2D eigenvalue weighted by Crippen LogP contribution is 2.21. The molecule has 1 aromatic heterocycles. The highest BCUT2D eigenvalue weighted by molar-refractivity contribution is 7.80. The number of thiocarbonyl (C=S) groups is 1. The van der Waals surface area contributed by atoms with Crippen LogP contribution in [-0.2, 0) is 0 Å². The number of hydrogen-bond acceptors (Lipinski definition) is 5. The Kier molecular flexibility index (Phi) is 4.42. The molecule has 0 atom stereocenters. The van der Waals surface area contributed by atoms with E-state index in [1.54, 1.807) is 37.3 Å². The lowest BCUT2D eigenvalue weighted by atomic mass is 10.1. The van der Waals surface area contributed by atoms with E-state index in [9.17, 15) is 10.1 Å². The molecule has 7 heteroatoms. The van der Waals surface area contributed by atoms with Crippen LogP contribution in [-0.4, -0.2) is 9.79 Å². The van der Waals surface area contributed by atoms with Gasteiger partial charge in [0, 0.05) is 27.4 Å². The Balaban J connectivity index is 2.19. The van der Waals surface area contributed by atoms with Crippen LogP contribution in [0.5, 0.6) is 0 Å². The van der Waals surface area contributed by atoms with Crippen LogP contribution in [0.15, 0.2) is 57.9 Å². The Hall–Kier alpha value is -2.57. The van der Waals surface area contributed by atoms with Crippen molar-refractivity contribution in [1.82, 2.24) is 0 Å². The normalized spacial score (nSPS) is 11.7. The van der Waals surface area contributed by atoms with E-state index in [1.165, 1.54) is 12.1 Å². The average molecular weight is 359 g/mol. The molecule has 0 spiro atoms. The number of nitrogens with zero attached hydrogens (tertiary/aromatic N) is 2. The second-order valence-electron chi connectivity index (χ2n) is 5.09. The number of benzene rings is 2. The summed E-state index contributed by atoms with van der Waals surface area (Å²) in [6.07, 6.45) is 0. The van der Waals surface area contributed by atoms with Gasteiger partial charge in [-0.2, -0.15) is 0 Å². The van der Waals surface area contributed by atoms with Crippen LogP contribution in [0.2, 0.25) is 5.02 Å². The van der Waals surface area contributed by atoms with Crippen molar-refractivity contribution in [3.8, 4) is 0 Å². The van der Waals surface area contributed by atoms with E-state index >= 15 is 0 Å². The monoisotopic (exact) mass is 358 g/mol. The largest absolute Gasteiger partial charge is 0.438 e. The van der Waals surface area contributed by atoms with Gasteiger partial charge in [0.15, 0.2) is 0 Å². The predicted octanol–water partition coefficient (Wildman–Crippen LogP) is 4.96. The number of fused-ring (bicyclic) bond motifs is 1. The van der Waals surface area contributed by atoms with Gasteiger partial charge in [0.1, 0.15) is 5.58 Å². The lowest BCUT2D eigenvalue weighted by Crippen LogP contribution is -2.12. The van der Waals surface area contributed by atoms with Gasteiger partial charge in [0.25, 0.3) is 5.69 Å². The van der Waals surface area contributed by atoms with Gasteiger partial charge >= 0.3 is 0 Å². The third kappa shape index (κ3) is 3.34. The number of rotatable bonds is 3. The maximum Gasteiger partial charge on any atom is 0.269 e. The first kappa shape index (κ1) is 16.3. The molecule has 0 saturated carbocycles. The van der Waals surface area contributed by atoms with E-state index in [-0.39, 0.29) is 5.69 Å². The van der Waals surface area contributed by atoms with Crippen molar-refractivity contribution in [2.75, 3.05) is 0 Å². The summed E-state index contributed by atoms with van der Waals surface area (Å²) in [6, 6.07) is 13.1. The van der Waals surface area contributed by atoms with E-state index in [4.69, 9.17) is 28.2 Å². The average Bonchev–Trinajstić information content (AvgIpc) is 2.54. The lowest BCUT2D eigenvalue weighted by molar-refractivity contribution is -0.384. The number of nitro groups is 1. The van der Waals surface area contributed by atoms with Crippen LogP contribution in [0.1, 0.15) is 12.5 Å². The third-order valence-corrected chi connectivity index (χ3v) is 3.83. The summed E-state index contributed by atoms with van der Waals surface area (Å²) in [5.41, 5.74) is 2.20. The summed E-state index contributed by atoms with van der Waals surface area (Å²) < 4.78 is 5.84. The zero-order valence-electron chi connectivity index (χ0n) is 12.5. The van der Waals surface area contributed by atoms with Gasteiger partial charge in [-0.3, -0.25) is 10.1 Å². The predicted molar refractivity (Wildman–Crippen MR) is 96.9 cm³/mol. The molecule has 0 saturated heterocycles. The zero-order valence-corrected chi connectivity index (χ0v) is 14.1. The number of non-ortho nitro benzene ring substituents is 1. The highest BCUT2D eigenvalue weighted by atomic mass is 35.5. The van der Waals surface area contributed by atoms with Gasteiger partial charge in [0.2, 0.25) is 5.55 Å². The molecule has 0 aliphatic carbocycles. The molecule has 5 nitrogen and oxygen atoms in total. The SMILES string of the molecule is CC(=S)c1cc2cc(Cl)ccc2o/c1=N\c1ccc([N+](=O)[O-])cc1. The minimum absolute atomic E-state index is 0.00489. The van der Waals surface area contributed by atoms with E-state index in [1.807, 2.05) is 6.07 Å². The van der Waals surface area contributed by atoms with Crippen molar-refractivity contribution in [1.29, 1.82) is 0 Å². The quantitative estimate of drug-likeness (QED) is 0.287. The standard InChI is InChI=1S/C17H11ClN2O3S/c1-10(24)15-9-11-8-12(18)2-7-16(11)23-17(15)19-13-3-5-14(6-4-13)20(21)22/h2-9H,1H3/b19-17-. The van der Waals surface area contributed by atoms with Crippen LogP contribution >= 0.6 is 23.8 Å². The summed E-state index contributed by atoms with van der Waals surface area (Å²) >= 11 is 11.3. The van der Waals surface area contributed by atoms with Crippen molar-refractivity contribution < 1.29 is 9.34 Å². The number of nitro benzene ring substituents is 1. The smallest absolute Gasteiger partial charge is 0.269 e. The molecular formula is C17H11ClN2O3S. The molecule has 1 heterocycles. The second-order valence-corrected chi connectivity index (χ2v) is 6.14. The molecule has 2 aromatic carbocycles. The van der Waals surface area contributed by atoms with Gasteiger partial charge in [-0.25, -0.2) is 4.99 Å². The van der Waals surface area contributed by atoms with Crippen LogP contribution in [0.25, 0.3) is 11.0 Å². The molecule has 0 amide bonds. The van der Waals surface area contributed by atoms with Crippen molar-refractivity contribution in [2.45, 2.75) is 6.92 Å². The molecule has 0 fully saturated rings. The van der Waals surface area contributed by atoms with E-state index in [0.29, 0.717) is 32.3 Å². The Morgan fingerprint density at radius 2 is 1.92 bits per heavy atom. The topological polar surface area (TPSA) is 68.6 Å². The Morgan fingerprint density at radius 1 is 1.21 bits per heavy atom. The first-order valence-corrected chi connectivity index (χ1v) is 7.76. The van der Waals surface area contributed by atoms with Gasteiger partial charge in [-0.1, -0.05) is 23.8 Å². The van der Waals surface area contributed by atoms with Crippen molar-refractivity contribution in [2.24, 2.45) is 4.99 Å². The molecule has 24 heavy (non-hydrogen) atoms. The Bertz CT molecular complexity index is 1030. The minimum atomic E-state index is -0.458. The molecule has 3 aromatic rings. The van der Waals surface area contributed by atoms with Gasteiger partial charge in [-0.15, -0.1) is 0 Å². The Morgan fingerprint density at radius 3 is 2.54 bits per heavy atom. The Labute approximate surface area is 147 Å². The fraction of sp³-hybridized carbons (Fsp3) is 0.0588. The fourth-order valence-corrected chi connectivity index (χ4v) is 2.53. The summed E-state index contributed by atoms with van der Waals surface area (Å²) in [4.78, 5) is 15.3. The first-order chi connectivity index (χ1) is 11.4. The number of hydrogen-bond donors (Lipinski definition) is 0. The molecule has 3 rings (SSSR count). The van der Waals surface area contributed by atoms with E-state index in [2.05, 4.69) is 4.99 Å². The van der Waals surface area contributed by atoms with E-state index < -0.39 is 4.92 Å². The van der Waals surface area contributed by atoms with Gasteiger partial charge < -0.3 is 4.42 Å². The van der Waals surface area contributed by atoms with Crippen LogP contribution in [0.3, 0.4) is 0 Å². The second kappa shape index (κ2) is 6.51. The first-order valence-electron chi connectivity index (χ1n) is 6.97. The van der Waals surface area contributed by atoms with Gasteiger partial charge in [-0.05, 0) is 43.3 Å². The molecular weight excluding hydrogens is 348 g/mol. The maximum atomic E-state index is 10.7. The summed E-state index contributed by atoms with van der Waals surface area (Å²) in [6.45, 7) is 1.78. The minimum Gasteiger partial charge on any atom is -0.438 e. The molecule has 0 bridgehead atoms. The summed E-state index contributed by atoms with van der Waals surface area (Å²) in [5.74, 6) is 0. The van der Waals surface area contributed by atoms with Crippen LogP contribution < -0.4 is 5.55 Å². The summed E-state index contributed by atoms with van der Waals surface area (Å²) in [7, 11) is 0. The maximum absolute atomic E-state index is 10.7. The third-order valence-electron chi connectivity index (χ3n) is 3.38. The molecule has 0 N–H and O–H groups in total. The molecule has 0 aliphatic heterocycles. The lowest BCUT2D eigenvalue weighted by Gasteiger charge is -2.04. The van der Waals surface area contributed by atoms with Gasteiger partial charge in [0.05, 0.1) is 16.2 Å². The molecule has 120 valence electrons. The number of halogens is 1. The zero-order chi connectivity index (χ0) is 17.3. The molecule has 0 radical (unpaired) electrons. The molecule has 0 aliphatic rings.